The zero-order valence-corrected chi connectivity index (χ0v) is 15.2. The number of hydrogen-bond acceptors (Lipinski definition) is 6. The Morgan fingerprint density at radius 2 is 1.93 bits per heavy atom. The van der Waals surface area contributed by atoms with E-state index in [0.717, 1.165) is 49.8 Å². The molecule has 0 atom stereocenters. The minimum atomic E-state index is -0.554. The number of amides is 1. The van der Waals surface area contributed by atoms with Gasteiger partial charge in [0.05, 0.1) is 16.8 Å². The Balaban J connectivity index is 1.39. The minimum absolute atomic E-state index is 0.335. The van der Waals surface area contributed by atoms with Crippen LogP contribution < -0.4 is 10.4 Å². The lowest BCUT2D eigenvalue weighted by molar-refractivity contribution is 0.0706. The average molecular weight is 366 g/mol. The Bertz CT molecular complexity index is 944. The van der Waals surface area contributed by atoms with Crippen molar-refractivity contribution in [1.82, 2.24) is 25.1 Å². The quantitative estimate of drug-likeness (QED) is 0.536. The lowest BCUT2D eigenvalue weighted by atomic mass is 10.2. The van der Waals surface area contributed by atoms with Gasteiger partial charge in [-0.15, -0.1) is 0 Å². The maximum absolute atomic E-state index is 11.4. The van der Waals surface area contributed by atoms with E-state index in [1.807, 2.05) is 23.9 Å². The first-order valence-electron chi connectivity index (χ1n) is 8.94. The second-order valence-corrected chi connectivity index (χ2v) is 6.70. The molecule has 0 radical (unpaired) electrons. The summed E-state index contributed by atoms with van der Waals surface area (Å²) in [5, 5.41) is 14.6. The first-order valence-corrected chi connectivity index (χ1v) is 8.94. The number of benzene rings is 1. The van der Waals surface area contributed by atoms with E-state index < -0.39 is 5.91 Å². The van der Waals surface area contributed by atoms with Crippen molar-refractivity contribution in [2.24, 2.45) is 7.05 Å². The number of carbonyl (C=O) groups is 1. The molecule has 8 nitrogen and oxygen atoms in total. The van der Waals surface area contributed by atoms with Gasteiger partial charge in [0.2, 0.25) is 0 Å². The number of pyridine rings is 1. The molecule has 27 heavy (non-hydrogen) atoms. The highest BCUT2D eigenvalue weighted by Crippen LogP contribution is 2.20. The number of aromatic nitrogens is 3. The number of carbonyl (C=O) groups excluding carboxylic acids is 1. The maximum Gasteiger partial charge on any atom is 0.276 e. The number of rotatable bonds is 4. The molecule has 2 aromatic heterocycles. The molecule has 4 rings (SSSR count). The lowest BCUT2D eigenvalue weighted by Crippen LogP contribution is -2.46. The van der Waals surface area contributed by atoms with E-state index in [-0.39, 0.29) is 0 Å². The molecule has 1 aliphatic heterocycles. The molecule has 1 saturated heterocycles. The first kappa shape index (κ1) is 17.4. The molecular weight excluding hydrogens is 344 g/mol. The van der Waals surface area contributed by atoms with Gasteiger partial charge < -0.3 is 4.90 Å². The molecule has 0 unspecified atom stereocenters. The van der Waals surface area contributed by atoms with Crippen LogP contribution >= 0.6 is 0 Å². The van der Waals surface area contributed by atoms with Crippen molar-refractivity contribution in [3.05, 3.63) is 53.9 Å². The smallest absolute Gasteiger partial charge is 0.276 e. The largest absolute Gasteiger partial charge is 0.354 e. The fourth-order valence-corrected chi connectivity index (χ4v) is 3.52. The number of fused-ring (bicyclic) bond motifs is 1. The van der Waals surface area contributed by atoms with Crippen molar-refractivity contribution < 1.29 is 10.0 Å². The van der Waals surface area contributed by atoms with Crippen LogP contribution in [0.25, 0.3) is 10.9 Å². The number of nitrogens with one attached hydrogen (secondary N) is 1. The number of hydroxylamine groups is 1. The van der Waals surface area contributed by atoms with E-state index in [9.17, 15) is 4.79 Å². The van der Waals surface area contributed by atoms with Crippen molar-refractivity contribution in [1.29, 1.82) is 0 Å². The van der Waals surface area contributed by atoms with Gasteiger partial charge in [-0.3, -0.25) is 19.6 Å². The van der Waals surface area contributed by atoms with Crippen LogP contribution in [0.5, 0.6) is 0 Å². The lowest BCUT2D eigenvalue weighted by Gasteiger charge is -2.35. The van der Waals surface area contributed by atoms with Gasteiger partial charge in [-0.1, -0.05) is 18.2 Å². The van der Waals surface area contributed by atoms with Crippen molar-refractivity contribution in [2.75, 3.05) is 31.1 Å². The summed E-state index contributed by atoms with van der Waals surface area (Å²) < 4.78 is 1.94. The van der Waals surface area contributed by atoms with Gasteiger partial charge in [-0.2, -0.15) is 5.10 Å². The number of para-hydroxylation sites is 1. The second-order valence-electron chi connectivity index (χ2n) is 6.70. The summed E-state index contributed by atoms with van der Waals surface area (Å²) in [6.45, 7) is 4.40. The van der Waals surface area contributed by atoms with Crippen molar-refractivity contribution in [3.63, 3.8) is 0 Å². The van der Waals surface area contributed by atoms with E-state index in [2.05, 4.69) is 38.1 Å². The SMILES string of the molecule is Cn1nc(CN2CCN(c3ccc(C(=O)NO)cn3)CC2)c2ccccc21. The van der Waals surface area contributed by atoms with Gasteiger partial charge in [0, 0.05) is 51.4 Å². The first-order chi connectivity index (χ1) is 13.2. The molecule has 0 saturated carbocycles. The summed E-state index contributed by atoms with van der Waals surface area (Å²) in [6, 6.07) is 11.8. The Labute approximate surface area is 157 Å². The molecule has 2 N–H and O–H groups in total. The van der Waals surface area contributed by atoms with Crippen LogP contribution in [0.1, 0.15) is 16.1 Å². The van der Waals surface area contributed by atoms with E-state index in [4.69, 9.17) is 5.21 Å². The molecule has 0 bridgehead atoms. The predicted octanol–water partition coefficient (Wildman–Crippen LogP) is 1.41. The standard InChI is InChI=1S/C19H22N6O2/c1-23-17-5-3-2-4-15(17)16(21-23)13-24-8-10-25(11-9-24)18-7-6-14(12-20-18)19(26)22-27/h2-7,12,27H,8-11,13H2,1H3,(H,22,26). The van der Waals surface area contributed by atoms with Crippen LogP contribution in [0.15, 0.2) is 42.6 Å². The van der Waals surface area contributed by atoms with Gasteiger partial charge in [0.25, 0.3) is 5.91 Å². The van der Waals surface area contributed by atoms with Gasteiger partial charge >= 0.3 is 0 Å². The minimum Gasteiger partial charge on any atom is -0.354 e. The third-order valence-corrected chi connectivity index (χ3v) is 5.02. The van der Waals surface area contributed by atoms with Crippen LogP contribution in [-0.4, -0.2) is 57.0 Å². The molecule has 8 heteroatoms. The van der Waals surface area contributed by atoms with Gasteiger partial charge in [-0.05, 0) is 18.2 Å². The van der Waals surface area contributed by atoms with Gasteiger partial charge in [0.15, 0.2) is 0 Å². The molecule has 3 heterocycles. The molecule has 1 fully saturated rings. The molecule has 1 aromatic carbocycles. The van der Waals surface area contributed by atoms with Crippen LogP contribution in [0.4, 0.5) is 5.82 Å². The monoisotopic (exact) mass is 366 g/mol. The normalized spacial score (nSPS) is 15.3. The van der Waals surface area contributed by atoms with E-state index in [0.29, 0.717) is 5.56 Å². The van der Waals surface area contributed by atoms with E-state index in [1.54, 1.807) is 11.5 Å². The number of hydrogen-bond donors (Lipinski definition) is 2. The fraction of sp³-hybridized carbons (Fsp3) is 0.316. The molecule has 0 spiro atoms. The highest BCUT2D eigenvalue weighted by Gasteiger charge is 2.20. The van der Waals surface area contributed by atoms with Crippen molar-refractivity contribution in [3.8, 4) is 0 Å². The summed E-state index contributed by atoms with van der Waals surface area (Å²) in [7, 11) is 1.98. The molecule has 140 valence electrons. The van der Waals surface area contributed by atoms with Gasteiger partial charge in [0.1, 0.15) is 5.82 Å². The summed E-state index contributed by atoms with van der Waals surface area (Å²) in [5.74, 6) is 0.286. The van der Waals surface area contributed by atoms with Gasteiger partial charge in [-0.25, -0.2) is 10.5 Å². The molecular formula is C19H22N6O2. The van der Waals surface area contributed by atoms with Crippen LogP contribution in [0.2, 0.25) is 0 Å². The number of piperazine rings is 1. The van der Waals surface area contributed by atoms with E-state index in [1.165, 1.54) is 11.6 Å². The topological polar surface area (TPSA) is 86.5 Å². The zero-order valence-electron chi connectivity index (χ0n) is 15.2. The van der Waals surface area contributed by atoms with Crippen molar-refractivity contribution >= 4 is 22.6 Å². The Morgan fingerprint density at radius 3 is 2.63 bits per heavy atom. The maximum atomic E-state index is 11.4. The number of nitrogens with zero attached hydrogens (tertiary/aromatic N) is 5. The highest BCUT2D eigenvalue weighted by molar-refractivity contribution is 5.93. The average Bonchev–Trinajstić information content (AvgIpc) is 3.04. The molecule has 1 aliphatic rings. The number of aryl methyl sites for hydroxylation is 1. The third-order valence-electron chi connectivity index (χ3n) is 5.02. The fourth-order valence-electron chi connectivity index (χ4n) is 3.52. The Kier molecular flexibility index (Phi) is 4.74. The Hall–Kier alpha value is -2.97. The molecule has 0 aliphatic carbocycles. The predicted molar refractivity (Wildman–Crippen MR) is 102 cm³/mol. The summed E-state index contributed by atoms with van der Waals surface area (Å²) in [5.41, 5.74) is 4.22. The second kappa shape index (κ2) is 7.34. The number of anilines is 1. The Morgan fingerprint density at radius 1 is 1.15 bits per heavy atom. The molecule has 1 amide bonds. The molecule has 3 aromatic rings. The van der Waals surface area contributed by atoms with Crippen molar-refractivity contribution in [2.45, 2.75) is 6.54 Å². The highest BCUT2D eigenvalue weighted by atomic mass is 16.5. The van der Waals surface area contributed by atoms with E-state index >= 15 is 0 Å². The van der Waals surface area contributed by atoms with Crippen LogP contribution in [0.3, 0.4) is 0 Å². The summed E-state index contributed by atoms with van der Waals surface area (Å²) in [4.78, 5) is 20.3. The third kappa shape index (κ3) is 3.49. The zero-order chi connectivity index (χ0) is 18.8. The summed E-state index contributed by atoms with van der Waals surface area (Å²) >= 11 is 0. The van der Waals surface area contributed by atoms with Crippen LogP contribution in [-0.2, 0) is 13.6 Å². The summed E-state index contributed by atoms with van der Waals surface area (Å²) in [6.07, 6.45) is 1.48. The van der Waals surface area contributed by atoms with Crippen LogP contribution in [0, 0.1) is 0 Å².